The molecular weight excluding hydrogens is 502 g/mol. The van der Waals surface area contributed by atoms with Crippen LogP contribution in [0.15, 0.2) is 0 Å². The second-order valence-electron chi connectivity index (χ2n) is 11.3. The molecule has 0 aliphatic heterocycles. The summed E-state index contributed by atoms with van der Waals surface area (Å²) in [5.74, 6) is 0. The molecule has 0 aromatic heterocycles. The van der Waals surface area contributed by atoms with E-state index in [1.165, 1.54) is 154 Å². The average Bonchev–Trinajstić information content (AvgIpc) is 2.88. The molecule has 0 saturated carbocycles. The number of rotatable bonds is 32. The fraction of sp³-hybridized carbons (Fsp3) is 1.00. The van der Waals surface area contributed by atoms with Crippen molar-refractivity contribution in [2.45, 2.75) is 194 Å². The fourth-order valence-corrected chi connectivity index (χ4v) is 5.76. The SMILES string of the molecule is CCCCCCCCCCCCCCCCOP(=O)([O-])OCCCCCCCCCCCCCCCC.[Na+]. The van der Waals surface area contributed by atoms with Gasteiger partial charge in [-0.2, -0.15) is 0 Å². The molecule has 0 atom stereocenters. The van der Waals surface area contributed by atoms with Crippen molar-refractivity contribution < 1.29 is 48.1 Å². The van der Waals surface area contributed by atoms with E-state index >= 15 is 0 Å². The van der Waals surface area contributed by atoms with Crippen LogP contribution in [0.4, 0.5) is 0 Å². The van der Waals surface area contributed by atoms with Crippen LogP contribution >= 0.6 is 7.82 Å². The first-order valence-corrected chi connectivity index (χ1v) is 18.2. The van der Waals surface area contributed by atoms with E-state index in [4.69, 9.17) is 9.05 Å². The van der Waals surface area contributed by atoms with Gasteiger partial charge in [-0.25, -0.2) is 0 Å². The van der Waals surface area contributed by atoms with E-state index in [9.17, 15) is 9.46 Å². The predicted molar refractivity (Wildman–Crippen MR) is 160 cm³/mol. The predicted octanol–water partition coefficient (Wildman–Crippen LogP) is 8.45. The van der Waals surface area contributed by atoms with E-state index in [1.54, 1.807) is 0 Å². The van der Waals surface area contributed by atoms with Crippen LogP contribution < -0.4 is 34.5 Å². The van der Waals surface area contributed by atoms with Crippen molar-refractivity contribution in [1.29, 1.82) is 0 Å². The molecule has 0 unspecified atom stereocenters. The summed E-state index contributed by atoms with van der Waals surface area (Å²) in [6, 6.07) is 0. The van der Waals surface area contributed by atoms with Gasteiger partial charge in [0, 0.05) is 0 Å². The van der Waals surface area contributed by atoms with Gasteiger partial charge in [-0.15, -0.1) is 0 Å². The van der Waals surface area contributed by atoms with Gasteiger partial charge in [-0.1, -0.05) is 181 Å². The zero-order chi connectivity index (χ0) is 27.1. The molecule has 0 fully saturated rings. The summed E-state index contributed by atoms with van der Waals surface area (Å²) < 4.78 is 21.9. The summed E-state index contributed by atoms with van der Waals surface area (Å²) >= 11 is 0. The Bertz CT molecular complexity index is 440. The van der Waals surface area contributed by atoms with Gasteiger partial charge >= 0.3 is 29.6 Å². The van der Waals surface area contributed by atoms with Crippen LogP contribution in [0.25, 0.3) is 0 Å². The Morgan fingerprint density at radius 1 is 0.395 bits per heavy atom. The molecule has 0 amide bonds. The Labute approximate surface area is 261 Å². The van der Waals surface area contributed by atoms with Gasteiger partial charge in [0.2, 0.25) is 0 Å². The van der Waals surface area contributed by atoms with E-state index in [1.807, 2.05) is 0 Å². The molecule has 0 saturated heterocycles. The summed E-state index contributed by atoms with van der Waals surface area (Å²) in [7, 11) is -4.12. The smallest absolute Gasteiger partial charge is 0.756 e. The van der Waals surface area contributed by atoms with Gasteiger partial charge in [0.1, 0.15) is 0 Å². The van der Waals surface area contributed by atoms with Crippen molar-refractivity contribution in [3.8, 4) is 0 Å². The Balaban J connectivity index is 0. The molecule has 0 aromatic rings. The molecule has 0 radical (unpaired) electrons. The zero-order valence-electron chi connectivity index (χ0n) is 26.3. The molecule has 0 rings (SSSR count). The van der Waals surface area contributed by atoms with Gasteiger partial charge in [0.05, 0.1) is 13.2 Å². The van der Waals surface area contributed by atoms with Crippen molar-refractivity contribution in [3.63, 3.8) is 0 Å². The number of phosphoric ester groups is 1. The van der Waals surface area contributed by atoms with Crippen LogP contribution in [0.1, 0.15) is 194 Å². The van der Waals surface area contributed by atoms with Crippen molar-refractivity contribution in [2.75, 3.05) is 13.2 Å². The summed E-state index contributed by atoms with van der Waals surface area (Å²) in [6.07, 6.45) is 36.0. The zero-order valence-corrected chi connectivity index (χ0v) is 29.2. The molecule has 0 bridgehead atoms. The maximum atomic E-state index is 11.9. The summed E-state index contributed by atoms with van der Waals surface area (Å²) in [5, 5.41) is 0. The number of hydrogen-bond donors (Lipinski definition) is 0. The Kier molecular flexibility index (Phi) is 37.2. The number of unbranched alkanes of at least 4 members (excludes halogenated alkanes) is 26. The van der Waals surface area contributed by atoms with E-state index < -0.39 is 7.82 Å². The minimum atomic E-state index is -4.12. The molecule has 0 heterocycles. The monoisotopic (exact) mass is 568 g/mol. The first-order valence-electron chi connectivity index (χ1n) is 16.7. The largest absolute Gasteiger partial charge is 1.00 e. The fourth-order valence-electron chi connectivity index (χ4n) is 4.98. The minimum absolute atomic E-state index is 0. The topological polar surface area (TPSA) is 58.6 Å². The molecule has 0 aliphatic rings. The quantitative estimate of drug-likeness (QED) is 0.0464. The van der Waals surface area contributed by atoms with E-state index in [2.05, 4.69) is 13.8 Å². The molecule has 4 nitrogen and oxygen atoms in total. The second kappa shape index (κ2) is 34.3. The number of phosphoric acid groups is 1. The van der Waals surface area contributed by atoms with Crippen molar-refractivity contribution in [2.24, 2.45) is 0 Å². The Morgan fingerprint density at radius 3 is 0.789 bits per heavy atom. The maximum Gasteiger partial charge on any atom is 1.00 e. The van der Waals surface area contributed by atoms with Gasteiger partial charge in [0.25, 0.3) is 7.82 Å². The second-order valence-corrected chi connectivity index (χ2v) is 12.7. The van der Waals surface area contributed by atoms with E-state index in [0.29, 0.717) is 0 Å². The molecule has 224 valence electrons. The van der Waals surface area contributed by atoms with Crippen LogP contribution in [0.5, 0.6) is 0 Å². The van der Waals surface area contributed by atoms with Crippen molar-refractivity contribution >= 4 is 7.82 Å². The average molecular weight is 569 g/mol. The molecule has 0 N–H and O–H groups in total. The molecule has 38 heavy (non-hydrogen) atoms. The maximum absolute atomic E-state index is 11.9. The van der Waals surface area contributed by atoms with Gasteiger partial charge in [0.15, 0.2) is 0 Å². The standard InChI is InChI=1S/C32H67O4P.Na/c1-3-5-7-9-11-13-15-17-19-21-23-25-27-29-31-35-37(33,34)36-32-30-28-26-24-22-20-18-16-14-12-10-8-6-4-2;/h3-32H2,1-2H3,(H,33,34);/q;+1/p-1. The van der Waals surface area contributed by atoms with Crippen molar-refractivity contribution in [1.82, 2.24) is 0 Å². The third-order valence-corrected chi connectivity index (χ3v) is 8.49. The van der Waals surface area contributed by atoms with Crippen LogP contribution in [0.3, 0.4) is 0 Å². The third kappa shape index (κ3) is 35.1. The van der Waals surface area contributed by atoms with Crippen LogP contribution in [0.2, 0.25) is 0 Å². The summed E-state index contributed by atoms with van der Waals surface area (Å²) in [5.41, 5.74) is 0. The summed E-state index contributed by atoms with van der Waals surface area (Å²) in [6.45, 7) is 5.06. The van der Waals surface area contributed by atoms with Crippen LogP contribution in [0, 0.1) is 0 Å². The number of hydrogen-bond acceptors (Lipinski definition) is 4. The van der Waals surface area contributed by atoms with Crippen LogP contribution in [-0.2, 0) is 13.6 Å². The first-order chi connectivity index (χ1) is 18.1. The van der Waals surface area contributed by atoms with Gasteiger partial charge in [-0.3, -0.25) is 4.57 Å². The van der Waals surface area contributed by atoms with Gasteiger partial charge < -0.3 is 13.9 Å². The normalized spacial score (nSPS) is 11.7. The third-order valence-electron chi connectivity index (χ3n) is 7.49. The molecule has 6 heteroatoms. The Hall–Kier alpha value is 1.11. The van der Waals surface area contributed by atoms with E-state index in [0.717, 1.165) is 25.7 Å². The molecule has 0 aromatic carbocycles. The molecule has 0 spiro atoms. The minimum Gasteiger partial charge on any atom is -0.756 e. The van der Waals surface area contributed by atoms with Crippen LogP contribution in [-0.4, -0.2) is 13.2 Å². The van der Waals surface area contributed by atoms with Crippen molar-refractivity contribution in [3.05, 3.63) is 0 Å². The Morgan fingerprint density at radius 2 is 0.579 bits per heavy atom. The molecular formula is C32H66NaO4P. The molecule has 0 aliphatic carbocycles. The summed E-state index contributed by atoms with van der Waals surface area (Å²) in [4.78, 5) is 11.9. The van der Waals surface area contributed by atoms with Gasteiger partial charge in [-0.05, 0) is 12.8 Å². The van der Waals surface area contributed by atoms with E-state index in [-0.39, 0.29) is 42.8 Å². The first kappa shape index (κ1) is 41.2.